The number of nitrogens with zero attached hydrogens (tertiary/aromatic N) is 3. The van der Waals surface area contributed by atoms with E-state index < -0.39 is 10.0 Å². The minimum atomic E-state index is -3.76. The molecule has 0 amide bonds. The van der Waals surface area contributed by atoms with Crippen molar-refractivity contribution in [2.75, 3.05) is 4.72 Å². The predicted molar refractivity (Wildman–Crippen MR) is 109 cm³/mol. The highest BCUT2D eigenvalue weighted by atomic mass is 35.5. The van der Waals surface area contributed by atoms with Gasteiger partial charge in [0.2, 0.25) is 0 Å². The highest BCUT2D eigenvalue weighted by molar-refractivity contribution is 7.92. The first-order valence-corrected chi connectivity index (χ1v) is 11.2. The van der Waals surface area contributed by atoms with E-state index in [1.165, 1.54) is 55.0 Å². The van der Waals surface area contributed by atoms with Gasteiger partial charge in [-0.25, -0.2) is 18.1 Å². The van der Waals surface area contributed by atoms with Crippen molar-refractivity contribution in [3.63, 3.8) is 0 Å². The van der Waals surface area contributed by atoms with E-state index in [9.17, 15) is 8.42 Å². The summed E-state index contributed by atoms with van der Waals surface area (Å²) in [6.07, 6.45) is 8.96. The third-order valence-corrected chi connectivity index (χ3v) is 6.83. The number of para-hydroxylation sites is 1. The highest BCUT2D eigenvalue weighted by Gasteiger charge is 2.20. The molecule has 1 saturated carbocycles. The molecule has 8 heteroatoms. The van der Waals surface area contributed by atoms with Gasteiger partial charge in [0.25, 0.3) is 10.0 Å². The van der Waals surface area contributed by atoms with Gasteiger partial charge in [0.1, 0.15) is 18.3 Å². The third-order valence-electron chi connectivity index (χ3n) is 5.15. The summed E-state index contributed by atoms with van der Waals surface area (Å²) in [5, 5.41) is 4.43. The second-order valence-corrected chi connectivity index (χ2v) is 9.08. The smallest absolute Gasteiger partial charge is 0.261 e. The third kappa shape index (κ3) is 3.91. The fourth-order valence-electron chi connectivity index (χ4n) is 3.71. The van der Waals surface area contributed by atoms with E-state index in [0.717, 1.165) is 0 Å². The number of nitrogens with one attached hydrogen (secondary N) is 1. The first-order chi connectivity index (χ1) is 13.5. The van der Waals surface area contributed by atoms with Crippen molar-refractivity contribution in [1.82, 2.24) is 14.8 Å². The van der Waals surface area contributed by atoms with E-state index in [2.05, 4.69) is 14.8 Å². The van der Waals surface area contributed by atoms with E-state index in [1.807, 2.05) is 12.1 Å². The molecule has 0 aliphatic heterocycles. The van der Waals surface area contributed by atoms with Gasteiger partial charge in [0.05, 0.1) is 15.6 Å². The minimum Gasteiger partial charge on any atom is -0.277 e. The van der Waals surface area contributed by atoms with E-state index in [1.54, 1.807) is 30.3 Å². The van der Waals surface area contributed by atoms with Crippen molar-refractivity contribution in [2.24, 2.45) is 0 Å². The SMILES string of the molecule is O=S(=O)(Nc1cccc(Cl)c1-n1cncn1)c1ccc(C2CCCCC2)cc1. The van der Waals surface area contributed by atoms with Crippen molar-refractivity contribution < 1.29 is 8.42 Å². The maximum absolute atomic E-state index is 12.9. The van der Waals surface area contributed by atoms with Crippen LogP contribution in [0.25, 0.3) is 5.69 Å². The molecule has 1 aliphatic carbocycles. The topological polar surface area (TPSA) is 76.9 Å². The van der Waals surface area contributed by atoms with Crippen LogP contribution in [-0.2, 0) is 10.0 Å². The largest absolute Gasteiger partial charge is 0.277 e. The summed E-state index contributed by atoms with van der Waals surface area (Å²) < 4.78 is 29.9. The monoisotopic (exact) mass is 416 g/mol. The fourth-order valence-corrected chi connectivity index (χ4v) is 5.04. The molecule has 0 saturated heterocycles. The van der Waals surface area contributed by atoms with Crippen molar-refractivity contribution in [3.05, 3.63) is 65.7 Å². The van der Waals surface area contributed by atoms with Crippen LogP contribution in [0.5, 0.6) is 0 Å². The van der Waals surface area contributed by atoms with Crippen LogP contribution in [0.15, 0.2) is 60.0 Å². The average Bonchev–Trinajstić information content (AvgIpc) is 3.23. The summed E-state index contributed by atoms with van der Waals surface area (Å²) in [7, 11) is -3.76. The van der Waals surface area contributed by atoms with Crippen molar-refractivity contribution >= 4 is 27.3 Å². The molecule has 0 spiro atoms. The van der Waals surface area contributed by atoms with Crippen LogP contribution in [0.4, 0.5) is 5.69 Å². The molecule has 1 heterocycles. The van der Waals surface area contributed by atoms with Crippen LogP contribution >= 0.6 is 11.6 Å². The van der Waals surface area contributed by atoms with E-state index in [0.29, 0.717) is 22.3 Å². The van der Waals surface area contributed by atoms with Crippen LogP contribution in [0.1, 0.15) is 43.6 Å². The molecule has 0 radical (unpaired) electrons. The lowest BCUT2D eigenvalue weighted by Gasteiger charge is -2.22. The number of sulfonamides is 1. The zero-order chi connectivity index (χ0) is 19.6. The quantitative estimate of drug-likeness (QED) is 0.649. The normalized spacial score (nSPS) is 15.5. The highest BCUT2D eigenvalue weighted by Crippen LogP contribution is 2.33. The molecule has 1 aromatic heterocycles. The molecule has 1 fully saturated rings. The zero-order valence-corrected chi connectivity index (χ0v) is 16.8. The first kappa shape index (κ1) is 19.0. The van der Waals surface area contributed by atoms with Gasteiger partial charge in [-0.15, -0.1) is 0 Å². The Balaban J connectivity index is 1.61. The van der Waals surface area contributed by atoms with E-state index in [-0.39, 0.29) is 4.90 Å². The van der Waals surface area contributed by atoms with Crippen LogP contribution in [0.2, 0.25) is 5.02 Å². The molecule has 6 nitrogen and oxygen atoms in total. The Kier molecular flexibility index (Phi) is 5.37. The fraction of sp³-hybridized carbons (Fsp3) is 0.300. The number of hydrogen-bond donors (Lipinski definition) is 1. The Labute approximate surface area is 169 Å². The number of halogens is 1. The minimum absolute atomic E-state index is 0.219. The van der Waals surface area contributed by atoms with Gasteiger partial charge in [0, 0.05) is 0 Å². The van der Waals surface area contributed by atoms with E-state index in [4.69, 9.17) is 11.6 Å². The van der Waals surface area contributed by atoms with Crippen LogP contribution in [0.3, 0.4) is 0 Å². The lowest BCUT2D eigenvalue weighted by atomic mass is 9.84. The van der Waals surface area contributed by atoms with Crippen LogP contribution < -0.4 is 4.72 Å². The lowest BCUT2D eigenvalue weighted by Crippen LogP contribution is -2.15. The van der Waals surface area contributed by atoms with Gasteiger partial charge < -0.3 is 0 Å². The molecule has 0 unspecified atom stereocenters. The summed E-state index contributed by atoms with van der Waals surface area (Å²) in [5.74, 6) is 0.533. The Hall–Kier alpha value is -2.38. The van der Waals surface area contributed by atoms with Gasteiger partial charge in [0.15, 0.2) is 0 Å². The number of rotatable bonds is 5. The molecule has 2 aromatic carbocycles. The van der Waals surface area contributed by atoms with Crippen molar-refractivity contribution in [2.45, 2.75) is 42.9 Å². The molecule has 1 N–H and O–H groups in total. The molecule has 28 heavy (non-hydrogen) atoms. The summed E-state index contributed by atoms with van der Waals surface area (Å²) in [4.78, 5) is 4.12. The Morgan fingerprint density at radius 2 is 1.79 bits per heavy atom. The standard InChI is InChI=1S/C20H21ClN4O2S/c21-18-7-4-8-19(20(18)25-14-22-13-23-25)24-28(26,27)17-11-9-16(10-12-17)15-5-2-1-3-6-15/h4,7-15,24H,1-3,5-6H2. The maximum atomic E-state index is 12.9. The maximum Gasteiger partial charge on any atom is 0.261 e. The van der Waals surface area contributed by atoms with Crippen molar-refractivity contribution in [3.8, 4) is 5.69 Å². The predicted octanol–water partition coefficient (Wildman–Crippen LogP) is 4.77. The number of aromatic nitrogens is 3. The van der Waals surface area contributed by atoms with Gasteiger partial charge in [-0.05, 0) is 48.6 Å². The first-order valence-electron chi connectivity index (χ1n) is 9.31. The van der Waals surface area contributed by atoms with Gasteiger partial charge >= 0.3 is 0 Å². The summed E-state index contributed by atoms with van der Waals surface area (Å²) in [6, 6.07) is 12.2. The molecule has 146 valence electrons. The van der Waals surface area contributed by atoms with Gasteiger partial charge in [-0.3, -0.25) is 4.72 Å². The Bertz CT molecular complexity index is 1040. The van der Waals surface area contributed by atoms with E-state index >= 15 is 0 Å². The summed E-state index contributed by atoms with van der Waals surface area (Å²) in [6.45, 7) is 0. The molecule has 4 rings (SSSR count). The molecular weight excluding hydrogens is 396 g/mol. The Morgan fingerprint density at radius 3 is 2.46 bits per heavy atom. The van der Waals surface area contributed by atoms with Crippen LogP contribution in [0, 0.1) is 0 Å². The summed E-state index contributed by atoms with van der Waals surface area (Å²) in [5.41, 5.74) is 1.99. The number of anilines is 1. The van der Waals surface area contributed by atoms with Crippen LogP contribution in [-0.4, -0.2) is 23.2 Å². The molecule has 0 atom stereocenters. The molecule has 3 aromatic rings. The number of benzene rings is 2. The summed E-state index contributed by atoms with van der Waals surface area (Å²) >= 11 is 6.28. The second kappa shape index (κ2) is 7.93. The average molecular weight is 417 g/mol. The van der Waals surface area contributed by atoms with Gasteiger partial charge in [-0.2, -0.15) is 5.10 Å². The molecule has 1 aliphatic rings. The number of hydrogen-bond acceptors (Lipinski definition) is 4. The molecule has 0 bridgehead atoms. The second-order valence-electron chi connectivity index (χ2n) is 6.99. The zero-order valence-electron chi connectivity index (χ0n) is 15.3. The lowest BCUT2D eigenvalue weighted by molar-refractivity contribution is 0.443. The van der Waals surface area contributed by atoms with Gasteiger partial charge in [-0.1, -0.05) is 49.1 Å². The van der Waals surface area contributed by atoms with Crippen molar-refractivity contribution in [1.29, 1.82) is 0 Å². The molecular formula is C20H21ClN4O2S. The Morgan fingerprint density at radius 1 is 1.04 bits per heavy atom.